The summed E-state index contributed by atoms with van der Waals surface area (Å²) in [5.41, 5.74) is -1.15. The van der Waals surface area contributed by atoms with E-state index >= 15 is 0 Å². The van der Waals surface area contributed by atoms with Crippen LogP contribution in [0.25, 0.3) is 10.1 Å². The van der Waals surface area contributed by atoms with Crippen molar-refractivity contribution in [2.45, 2.75) is 36.5 Å². The monoisotopic (exact) mass is 502 g/mol. The van der Waals surface area contributed by atoms with Crippen LogP contribution in [0.15, 0.2) is 21.8 Å². The van der Waals surface area contributed by atoms with Crippen molar-refractivity contribution in [2.75, 3.05) is 43.9 Å². The molecule has 1 saturated heterocycles. The predicted molar refractivity (Wildman–Crippen MR) is 121 cm³/mol. The molecule has 2 fully saturated rings. The number of aromatic nitrogens is 1. The van der Waals surface area contributed by atoms with Crippen LogP contribution in [0.3, 0.4) is 0 Å². The van der Waals surface area contributed by atoms with Crippen LogP contribution < -0.4 is 10.5 Å². The van der Waals surface area contributed by atoms with Crippen molar-refractivity contribution in [1.29, 1.82) is 0 Å². The molecule has 1 saturated carbocycles. The third-order valence-corrected chi connectivity index (χ3v) is 8.54. The summed E-state index contributed by atoms with van der Waals surface area (Å²) < 4.78 is 50.6. The summed E-state index contributed by atoms with van der Waals surface area (Å²) in [4.78, 5) is 31.4. The Balaban J connectivity index is 1.52. The van der Waals surface area contributed by atoms with Gasteiger partial charge in [-0.25, -0.2) is 17.2 Å². The average Bonchev–Trinajstić information content (AvgIpc) is 2.74. The minimum Gasteiger partial charge on any atom is -0.345 e. The van der Waals surface area contributed by atoms with E-state index in [-0.39, 0.29) is 33.7 Å². The summed E-state index contributed by atoms with van der Waals surface area (Å²) in [7, 11) is -3.75. The Morgan fingerprint density at radius 3 is 2.42 bits per heavy atom. The third kappa shape index (κ3) is 5.30. The van der Waals surface area contributed by atoms with E-state index in [1.165, 1.54) is 0 Å². The summed E-state index contributed by atoms with van der Waals surface area (Å²) in [6.07, 6.45) is 1.82. The van der Waals surface area contributed by atoms with Crippen LogP contribution in [0.2, 0.25) is 0 Å². The fourth-order valence-corrected chi connectivity index (χ4v) is 6.14. The lowest BCUT2D eigenvalue weighted by atomic mass is 9.86. The number of hydrogen-bond donors (Lipinski definition) is 0. The molecular weight excluding hydrogens is 478 g/mol. The van der Waals surface area contributed by atoms with Gasteiger partial charge >= 0.3 is 0 Å². The second kappa shape index (κ2) is 8.84. The molecule has 1 aromatic heterocycles. The molecule has 1 aromatic carbocycles. The first-order valence-electron chi connectivity index (χ1n) is 10.6. The molecule has 0 bridgehead atoms. The van der Waals surface area contributed by atoms with Gasteiger partial charge in [0.05, 0.1) is 15.2 Å². The number of anilines is 1. The minimum atomic E-state index is -3.75. The van der Waals surface area contributed by atoms with Crippen molar-refractivity contribution in [3.8, 4) is 0 Å². The maximum atomic E-state index is 13.4. The van der Waals surface area contributed by atoms with E-state index in [1.54, 1.807) is 0 Å². The molecule has 0 atom stereocenters. The molecule has 1 aliphatic heterocycles. The topological polar surface area (TPSA) is 114 Å². The number of nitro groups is 1. The second-order valence-electron chi connectivity index (χ2n) is 8.74. The van der Waals surface area contributed by atoms with Crippen LogP contribution in [0.5, 0.6) is 0 Å². The van der Waals surface area contributed by atoms with Crippen molar-refractivity contribution in [2.24, 2.45) is 5.92 Å². The molecule has 1 aliphatic carbocycles. The maximum Gasteiger partial charge on any atom is 0.288 e. The van der Waals surface area contributed by atoms with Crippen LogP contribution >= 0.6 is 11.3 Å². The molecule has 13 heteroatoms. The zero-order valence-electron chi connectivity index (χ0n) is 18.0. The molecule has 0 unspecified atom stereocenters. The summed E-state index contributed by atoms with van der Waals surface area (Å²) in [6, 6.07) is 2.11. The molecule has 2 heterocycles. The van der Waals surface area contributed by atoms with E-state index in [1.807, 2.05) is 4.90 Å². The van der Waals surface area contributed by atoms with Gasteiger partial charge in [-0.1, -0.05) is 11.3 Å². The van der Waals surface area contributed by atoms with E-state index in [0.717, 1.165) is 36.3 Å². The van der Waals surface area contributed by atoms with Crippen molar-refractivity contribution in [3.63, 3.8) is 0 Å². The molecule has 2 aromatic rings. The molecule has 9 nitrogen and oxygen atoms in total. The number of benzene rings is 1. The molecule has 0 N–H and O–H groups in total. The Bertz CT molecular complexity index is 1230. The van der Waals surface area contributed by atoms with E-state index in [9.17, 15) is 32.1 Å². The highest BCUT2D eigenvalue weighted by Crippen LogP contribution is 2.37. The van der Waals surface area contributed by atoms with Gasteiger partial charge in [-0.2, -0.15) is 4.98 Å². The number of nitro benzene ring substituents is 1. The van der Waals surface area contributed by atoms with Crippen LogP contribution in [0.1, 0.15) is 25.7 Å². The maximum absolute atomic E-state index is 13.4. The van der Waals surface area contributed by atoms with Crippen LogP contribution in [0.4, 0.5) is 19.6 Å². The summed E-state index contributed by atoms with van der Waals surface area (Å²) in [5, 5.41) is 11.8. The second-order valence-corrected chi connectivity index (χ2v) is 11.7. The zero-order valence-corrected chi connectivity index (χ0v) is 19.6. The standard InChI is InChI=1S/C20H24F2N4O5S2/c1-33(30,31)14-10-15-17(16(11-14)26(28)29)32-19(23-18(15)27)25-8-6-24(7-9-25)12-13-2-4-20(21,22)5-3-13/h10-11,13H,2-9,12H2,1H3. The fourth-order valence-electron chi connectivity index (χ4n) is 4.37. The lowest BCUT2D eigenvalue weighted by molar-refractivity contribution is -0.383. The number of alkyl halides is 2. The summed E-state index contributed by atoms with van der Waals surface area (Å²) in [5.74, 6) is -2.29. The Morgan fingerprint density at radius 2 is 1.85 bits per heavy atom. The highest BCUT2D eigenvalue weighted by molar-refractivity contribution is 7.90. The third-order valence-electron chi connectivity index (χ3n) is 6.28. The van der Waals surface area contributed by atoms with E-state index in [4.69, 9.17) is 0 Å². The van der Waals surface area contributed by atoms with Gasteiger partial charge in [0.1, 0.15) is 4.70 Å². The van der Waals surface area contributed by atoms with Gasteiger partial charge in [-0.15, -0.1) is 0 Å². The fraction of sp³-hybridized carbons (Fsp3) is 0.600. The highest BCUT2D eigenvalue weighted by atomic mass is 32.2. The number of halogens is 2. The first kappa shape index (κ1) is 23.9. The van der Waals surface area contributed by atoms with Gasteiger partial charge in [0, 0.05) is 57.9 Å². The number of piperazine rings is 1. The van der Waals surface area contributed by atoms with Crippen LogP contribution in [0, 0.1) is 16.0 Å². The van der Waals surface area contributed by atoms with Gasteiger partial charge < -0.3 is 4.90 Å². The Kier molecular flexibility index (Phi) is 6.40. The average molecular weight is 503 g/mol. The van der Waals surface area contributed by atoms with Crippen molar-refractivity contribution in [1.82, 2.24) is 9.88 Å². The number of rotatable bonds is 5. The number of hydrogen-bond acceptors (Lipinski definition) is 9. The van der Waals surface area contributed by atoms with Crippen molar-refractivity contribution >= 4 is 42.1 Å². The van der Waals surface area contributed by atoms with Crippen molar-refractivity contribution < 1.29 is 22.1 Å². The van der Waals surface area contributed by atoms with Gasteiger partial charge in [-0.05, 0) is 24.8 Å². The number of fused-ring (bicyclic) bond motifs is 1. The Morgan fingerprint density at radius 1 is 1.21 bits per heavy atom. The predicted octanol–water partition coefficient (Wildman–Crippen LogP) is 2.92. The normalized spacial score (nSPS) is 20.3. The molecule has 0 radical (unpaired) electrons. The molecule has 33 heavy (non-hydrogen) atoms. The molecule has 0 spiro atoms. The van der Waals surface area contributed by atoms with E-state index < -0.39 is 31.9 Å². The number of non-ortho nitro benzene ring substituents is 1. The van der Waals surface area contributed by atoms with Crippen LogP contribution in [-0.4, -0.2) is 68.1 Å². The summed E-state index contributed by atoms with van der Waals surface area (Å²) in [6.45, 7) is 3.19. The first-order chi connectivity index (χ1) is 15.4. The molecule has 0 amide bonds. The van der Waals surface area contributed by atoms with Crippen LogP contribution in [-0.2, 0) is 9.84 Å². The number of nitrogens with zero attached hydrogens (tertiary/aromatic N) is 4. The Labute approximate surface area is 193 Å². The van der Waals surface area contributed by atoms with Gasteiger partial charge in [0.2, 0.25) is 5.92 Å². The highest BCUT2D eigenvalue weighted by Gasteiger charge is 2.35. The lowest BCUT2D eigenvalue weighted by Gasteiger charge is -2.38. The van der Waals surface area contributed by atoms with E-state index in [2.05, 4.69) is 9.88 Å². The first-order valence-corrected chi connectivity index (χ1v) is 13.3. The SMILES string of the molecule is CS(=O)(=O)c1cc([N+](=O)[O-])c2sc(N3CCN(CC4CCC(F)(F)CC4)CC3)nc(=O)c2c1. The number of sulfone groups is 1. The van der Waals surface area contributed by atoms with Gasteiger partial charge in [0.15, 0.2) is 15.0 Å². The smallest absolute Gasteiger partial charge is 0.288 e. The lowest BCUT2D eigenvalue weighted by Crippen LogP contribution is -2.48. The molecular formula is C20H24F2N4O5S2. The van der Waals surface area contributed by atoms with Crippen molar-refractivity contribution in [3.05, 3.63) is 32.6 Å². The Hall–Kier alpha value is -2.25. The molecule has 4 rings (SSSR count). The minimum absolute atomic E-state index is 0.0631. The van der Waals surface area contributed by atoms with Gasteiger partial charge in [-0.3, -0.25) is 19.8 Å². The summed E-state index contributed by atoms with van der Waals surface area (Å²) >= 11 is 0.995. The van der Waals surface area contributed by atoms with E-state index in [0.29, 0.717) is 44.2 Å². The largest absolute Gasteiger partial charge is 0.345 e. The van der Waals surface area contributed by atoms with Gasteiger partial charge in [0.25, 0.3) is 11.2 Å². The molecule has 2 aliphatic rings. The quantitative estimate of drug-likeness (QED) is 0.453. The molecule has 180 valence electrons. The zero-order chi connectivity index (χ0) is 24.0.